The predicted octanol–water partition coefficient (Wildman–Crippen LogP) is 4.42. The summed E-state index contributed by atoms with van der Waals surface area (Å²) in [6.07, 6.45) is 19.1. The molecule has 6 heteroatoms. The molecule has 0 radical (unpaired) electrons. The van der Waals surface area contributed by atoms with Crippen molar-refractivity contribution in [3.05, 3.63) is 0 Å². The molecule has 0 saturated heterocycles. The zero-order valence-electron chi connectivity index (χ0n) is 20.6. The third-order valence-electron chi connectivity index (χ3n) is 5.84. The predicted molar refractivity (Wildman–Crippen MR) is 132 cm³/mol. The van der Waals surface area contributed by atoms with Crippen LogP contribution in [0.25, 0.3) is 0 Å². The van der Waals surface area contributed by atoms with Gasteiger partial charge < -0.3 is 21.7 Å². The minimum absolute atomic E-state index is 0.0864. The second-order valence-corrected chi connectivity index (χ2v) is 8.76. The maximum atomic E-state index is 12.1. The molecule has 1 unspecified atom stereocenters. The summed E-state index contributed by atoms with van der Waals surface area (Å²) in [4.78, 5) is 24.0. The molecular formula is C25H52N4O2. The highest BCUT2D eigenvalue weighted by Crippen LogP contribution is 2.10. The molecule has 6 nitrogen and oxygen atoms in total. The molecule has 0 heterocycles. The van der Waals surface area contributed by atoms with E-state index in [1.807, 2.05) is 7.05 Å². The van der Waals surface area contributed by atoms with E-state index in [0.717, 1.165) is 64.5 Å². The van der Waals surface area contributed by atoms with Crippen molar-refractivity contribution in [3.8, 4) is 0 Å². The molecule has 0 bridgehead atoms. The Kier molecular flexibility index (Phi) is 22.7. The SMILES string of the molecule is CCCCCCCCCCCC(=O)NCCCCCCNC(=O)C(CCCCN)NC. The van der Waals surface area contributed by atoms with Gasteiger partial charge >= 0.3 is 0 Å². The van der Waals surface area contributed by atoms with E-state index in [1.54, 1.807) is 0 Å². The summed E-state index contributed by atoms with van der Waals surface area (Å²) in [7, 11) is 1.83. The smallest absolute Gasteiger partial charge is 0.237 e. The van der Waals surface area contributed by atoms with Crippen LogP contribution in [0.2, 0.25) is 0 Å². The molecule has 0 aromatic rings. The second kappa shape index (κ2) is 23.5. The molecular weight excluding hydrogens is 388 g/mol. The van der Waals surface area contributed by atoms with Crippen molar-refractivity contribution >= 4 is 11.8 Å². The highest BCUT2D eigenvalue weighted by atomic mass is 16.2. The molecule has 0 aromatic carbocycles. The van der Waals surface area contributed by atoms with Crippen molar-refractivity contribution in [1.82, 2.24) is 16.0 Å². The summed E-state index contributed by atoms with van der Waals surface area (Å²) >= 11 is 0. The van der Waals surface area contributed by atoms with E-state index >= 15 is 0 Å². The van der Waals surface area contributed by atoms with Gasteiger partial charge in [-0.05, 0) is 45.7 Å². The number of unbranched alkanes of at least 4 members (excludes halogenated alkanes) is 12. The van der Waals surface area contributed by atoms with Crippen molar-refractivity contribution in [2.24, 2.45) is 5.73 Å². The number of carbonyl (C=O) groups excluding carboxylic acids is 2. The average Bonchev–Trinajstić information content (AvgIpc) is 2.77. The van der Waals surface area contributed by atoms with E-state index in [0.29, 0.717) is 13.0 Å². The monoisotopic (exact) mass is 440 g/mol. The van der Waals surface area contributed by atoms with Crippen LogP contribution in [0.1, 0.15) is 116 Å². The lowest BCUT2D eigenvalue weighted by molar-refractivity contribution is -0.123. The Hall–Kier alpha value is -1.14. The number of rotatable bonds is 23. The van der Waals surface area contributed by atoms with Crippen LogP contribution in [0.5, 0.6) is 0 Å². The lowest BCUT2D eigenvalue weighted by atomic mass is 10.1. The van der Waals surface area contributed by atoms with Gasteiger partial charge in [0, 0.05) is 19.5 Å². The van der Waals surface area contributed by atoms with Gasteiger partial charge in [0.15, 0.2) is 0 Å². The number of likely N-dealkylation sites (N-methyl/N-ethyl adjacent to an activating group) is 1. The van der Waals surface area contributed by atoms with E-state index in [1.165, 1.54) is 51.4 Å². The summed E-state index contributed by atoms with van der Waals surface area (Å²) < 4.78 is 0. The van der Waals surface area contributed by atoms with Crippen molar-refractivity contribution in [2.45, 2.75) is 122 Å². The van der Waals surface area contributed by atoms with Crippen LogP contribution in [0.3, 0.4) is 0 Å². The molecule has 1 atom stereocenters. The fourth-order valence-corrected chi connectivity index (χ4v) is 3.75. The average molecular weight is 441 g/mol. The number of nitrogens with two attached hydrogens (primary N) is 1. The Labute approximate surface area is 192 Å². The van der Waals surface area contributed by atoms with E-state index in [9.17, 15) is 9.59 Å². The highest BCUT2D eigenvalue weighted by molar-refractivity contribution is 5.81. The summed E-state index contributed by atoms with van der Waals surface area (Å²) in [5.41, 5.74) is 5.51. The van der Waals surface area contributed by atoms with Gasteiger partial charge in [0.1, 0.15) is 0 Å². The number of hydrogen-bond acceptors (Lipinski definition) is 4. The fraction of sp³-hybridized carbons (Fsp3) is 0.920. The van der Waals surface area contributed by atoms with Crippen LogP contribution < -0.4 is 21.7 Å². The Bertz CT molecular complexity index is 418. The van der Waals surface area contributed by atoms with Crippen LogP contribution in [0.4, 0.5) is 0 Å². The van der Waals surface area contributed by atoms with Gasteiger partial charge in [0.2, 0.25) is 11.8 Å². The first kappa shape index (κ1) is 29.9. The van der Waals surface area contributed by atoms with E-state index < -0.39 is 0 Å². The van der Waals surface area contributed by atoms with Gasteiger partial charge in [0.05, 0.1) is 6.04 Å². The Morgan fingerprint density at radius 2 is 1.26 bits per heavy atom. The molecule has 0 aliphatic rings. The van der Waals surface area contributed by atoms with Crippen molar-refractivity contribution in [3.63, 3.8) is 0 Å². The molecule has 0 rings (SSSR count). The van der Waals surface area contributed by atoms with Gasteiger partial charge in [-0.3, -0.25) is 9.59 Å². The molecule has 31 heavy (non-hydrogen) atoms. The molecule has 0 saturated carbocycles. The Balaban J connectivity index is 3.42. The highest BCUT2D eigenvalue weighted by Gasteiger charge is 2.14. The molecule has 5 N–H and O–H groups in total. The van der Waals surface area contributed by atoms with E-state index in [-0.39, 0.29) is 17.9 Å². The number of hydrogen-bond donors (Lipinski definition) is 4. The maximum Gasteiger partial charge on any atom is 0.237 e. The Morgan fingerprint density at radius 1 is 0.710 bits per heavy atom. The molecule has 0 spiro atoms. The van der Waals surface area contributed by atoms with Crippen molar-refractivity contribution < 1.29 is 9.59 Å². The quantitative estimate of drug-likeness (QED) is 0.177. The number of amides is 2. The molecule has 0 aliphatic heterocycles. The van der Waals surface area contributed by atoms with Gasteiger partial charge in [-0.2, -0.15) is 0 Å². The molecule has 2 amide bonds. The summed E-state index contributed by atoms with van der Waals surface area (Å²) in [5, 5.41) is 9.14. The lowest BCUT2D eigenvalue weighted by Gasteiger charge is -2.15. The third kappa shape index (κ3) is 20.5. The largest absolute Gasteiger partial charge is 0.356 e. The molecule has 0 aromatic heterocycles. The first-order valence-corrected chi connectivity index (χ1v) is 13.1. The van der Waals surface area contributed by atoms with Crippen LogP contribution in [0, 0.1) is 0 Å². The molecule has 0 aliphatic carbocycles. The number of carbonyl (C=O) groups is 2. The van der Waals surface area contributed by atoms with Crippen LogP contribution in [-0.4, -0.2) is 44.5 Å². The first-order chi connectivity index (χ1) is 15.2. The van der Waals surface area contributed by atoms with Crippen LogP contribution in [0.15, 0.2) is 0 Å². The van der Waals surface area contributed by atoms with Crippen molar-refractivity contribution in [2.75, 3.05) is 26.7 Å². The van der Waals surface area contributed by atoms with Gasteiger partial charge in [0.25, 0.3) is 0 Å². The lowest BCUT2D eigenvalue weighted by Crippen LogP contribution is -2.42. The van der Waals surface area contributed by atoms with E-state index in [4.69, 9.17) is 5.73 Å². The zero-order valence-corrected chi connectivity index (χ0v) is 20.6. The van der Waals surface area contributed by atoms with Crippen molar-refractivity contribution in [1.29, 1.82) is 0 Å². The summed E-state index contributed by atoms with van der Waals surface area (Å²) in [5.74, 6) is 0.284. The molecule has 0 fully saturated rings. The van der Waals surface area contributed by atoms with Crippen LogP contribution >= 0.6 is 0 Å². The molecule has 184 valence electrons. The summed E-state index contributed by atoms with van der Waals surface area (Å²) in [6, 6.07) is -0.118. The minimum atomic E-state index is -0.118. The number of nitrogens with one attached hydrogen (secondary N) is 3. The second-order valence-electron chi connectivity index (χ2n) is 8.76. The van der Waals surface area contributed by atoms with Gasteiger partial charge in [-0.1, -0.05) is 77.6 Å². The topological polar surface area (TPSA) is 96.2 Å². The normalized spacial score (nSPS) is 12.0. The van der Waals surface area contributed by atoms with E-state index in [2.05, 4.69) is 22.9 Å². The zero-order chi connectivity index (χ0) is 23.0. The standard InChI is InChI=1S/C25H52N4O2/c1-3-4-5-6-7-8-9-10-13-19-24(30)28-21-16-11-12-17-22-29-25(31)23(27-2)18-14-15-20-26/h23,27H,3-22,26H2,1-2H3,(H,28,30)(H,29,31). The summed E-state index contributed by atoms with van der Waals surface area (Å²) in [6.45, 7) is 4.42. The fourth-order valence-electron chi connectivity index (χ4n) is 3.75. The van der Waals surface area contributed by atoms with Crippen LogP contribution in [-0.2, 0) is 9.59 Å². The van der Waals surface area contributed by atoms with Gasteiger partial charge in [-0.25, -0.2) is 0 Å². The van der Waals surface area contributed by atoms with Gasteiger partial charge in [-0.15, -0.1) is 0 Å². The first-order valence-electron chi connectivity index (χ1n) is 13.1. The third-order valence-corrected chi connectivity index (χ3v) is 5.84. The minimum Gasteiger partial charge on any atom is -0.356 e. The maximum absolute atomic E-state index is 12.1. The Morgan fingerprint density at radius 3 is 1.84 bits per heavy atom.